The Hall–Kier alpha value is -1.56. The molecule has 20 heavy (non-hydrogen) atoms. The molecule has 0 aliphatic carbocycles. The van der Waals surface area contributed by atoms with E-state index in [0.717, 1.165) is 6.07 Å². The summed E-state index contributed by atoms with van der Waals surface area (Å²) in [4.78, 5) is 12.3. The number of nitrogens with one attached hydrogen (secondary N) is 2. The lowest BCUT2D eigenvalue weighted by molar-refractivity contribution is -0.137. The summed E-state index contributed by atoms with van der Waals surface area (Å²) in [6, 6.07) is 5.05. The Morgan fingerprint density at radius 1 is 1.40 bits per heavy atom. The second kappa shape index (κ2) is 5.44. The Morgan fingerprint density at radius 2 is 2.10 bits per heavy atom. The maximum Gasteiger partial charge on any atom is 0.418 e. The highest BCUT2D eigenvalue weighted by Crippen LogP contribution is 2.36. The SMILES string of the molecule is CCC1(C(=O)Nc2ccccc2C(F)(F)F)CCNC1. The van der Waals surface area contributed by atoms with Gasteiger partial charge >= 0.3 is 6.18 Å². The molecule has 1 aliphatic rings. The molecule has 0 aromatic heterocycles. The number of halogens is 3. The molecule has 0 bridgehead atoms. The monoisotopic (exact) mass is 286 g/mol. The topological polar surface area (TPSA) is 41.1 Å². The molecule has 3 nitrogen and oxygen atoms in total. The van der Waals surface area contributed by atoms with Crippen molar-refractivity contribution < 1.29 is 18.0 Å². The van der Waals surface area contributed by atoms with E-state index >= 15 is 0 Å². The molecule has 0 spiro atoms. The van der Waals surface area contributed by atoms with Crippen molar-refractivity contribution in [3.63, 3.8) is 0 Å². The average Bonchev–Trinajstić information content (AvgIpc) is 2.88. The fraction of sp³-hybridized carbons (Fsp3) is 0.500. The summed E-state index contributed by atoms with van der Waals surface area (Å²) in [6.45, 7) is 3.09. The molecule has 1 heterocycles. The summed E-state index contributed by atoms with van der Waals surface area (Å²) < 4.78 is 38.7. The number of carbonyl (C=O) groups is 1. The van der Waals surface area contributed by atoms with Gasteiger partial charge in [-0.1, -0.05) is 19.1 Å². The molecule has 2 N–H and O–H groups in total. The lowest BCUT2D eigenvalue weighted by atomic mass is 9.83. The third-order valence-electron chi connectivity index (χ3n) is 3.88. The zero-order valence-electron chi connectivity index (χ0n) is 11.2. The van der Waals surface area contributed by atoms with Crippen LogP contribution in [0.25, 0.3) is 0 Å². The normalized spacial score (nSPS) is 22.8. The zero-order valence-corrected chi connectivity index (χ0v) is 11.2. The number of benzene rings is 1. The third kappa shape index (κ3) is 2.80. The first-order valence-corrected chi connectivity index (χ1v) is 6.57. The van der Waals surface area contributed by atoms with Gasteiger partial charge in [0.2, 0.25) is 5.91 Å². The highest BCUT2D eigenvalue weighted by Gasteiger charge is 2.41. The van der Waals surface area contributed by atoms with E-state index in [0.29, 0.717) is 25.9 Å². The van der Waals surface area contributed by atoms with Crippen molar-refractivity contribution in [2.45, 2.75) is 25.9 Å². The zero-order chi connectivity index (χ0) is 14.8. The van der Waals surface area contributed by atoms with Gasteiger partial charge in [0.15, 0.2) is 0 Å². The highest BCUT2D eigenvalue weighted by atomic mass is 19.4. The number of hydrogen-bond acceptors (Lipinski definition) is 2. The first kappa shape index (κ1) is 14.8. The van der Waals surface area contributed by atoms with Crippen LogP contribution in [0.5, 0.6) is 0 Å². The molecule has 2 rings (SSSR count). The summed E-state index contributed by atoms with van der Waals surface area (Å²) in [5, 5.41) is 5.54. The molecule has 0 radical (unpaired) electrons. The van der Waals surface area contributed by atoms with Crippen LogP contribution < -0.4 is 10.6 Å². The van der Waals surface area contributed by atoms with Crippen LogP contribution in [0.2, 0.25) is 0 Å². The number of amides is 1. The van der Waals surface area contributed by atoms with Crippen LogP contribution in [-0.2, 0) is 11.0 Å². The van der Waals surface area contributed by atoms with E-state index in [1.165, 1.54) is 18.2 Å². The Bertz CT molecular complexity index is 493. The van der Waals surface area contributed by atoms with Crippen molar-refractivity contribution in [2.75, 3.05) is 18.4 Å². The first-order valence-electron chi connectivity index (χ1n) is 6.57. The quantitative estimate of drug-likeness (QED) is 0.896. The van der Waals surface area contributed by atoms with E-state index in [1.807, 2.05) is 6.92 Å². The smallest absolute Gasteiger partial charge is 0.325 e. The Morgan fingerprint density at radius 3 is 2.65 bits per heavy atom. The van der Waals surface area contributed by atoms with Gasteiger partial charge in [-0.25, -0.2) is 0 Å². The molecular formula is C14H17F3N2O. The van der Waals surface area contributed by atoms with E-state index in [1.54, 1.807) is 0 Å². The Balaban J connectivity index is 2.24. The number of rotatable bonds is 3. The molecule has 1 amide bonds. The molecule has 110 valence electrons. The molecular weight excluding hydrogens is 269 g/mol. The van der Waals surface area contributed by atoms with Gasteiger partial charge in [-0.3, -0.25) is 4.79 Å². The van der Waals surface area contributed by atoms with Crippen molar-refractivity contribution in [3.8, 4) is 0 Å². The summed E-state index contributed by atoms with van der Waals surface area (Å²) in [5.74, 6) is -0.346. The van der Waals surface area contributed by atoms with E-state index in [-0.39, 0.29) is 11.6 Å². The molecule has 0 saturated carbocycles. The van der Waals surface area contributed by atoms with Crippen LogP contribution in [0.15, 0.2) is 24.3 Å². The lowest BCUT2D eigenvalue weighted by Crippen LogP contribution is -2.38. The van der Waals surface area contributed by atoms with Gasteiger partial charge in [0.05, 0.1) is 16.7 Å². The summed E-state index contributed by atoms with van der Waals surface area (Å²) in [6.07, 6.45) is -3.24. The van der Waals surface area contributed by atoms with Crippen molar-refractivity contribution in [1.29, 1.82) is 0 Å². The average molecular weight is 286 g/mol. The minimum Gasteiger partial charge on any atom is -0.325 e. The molecule has 1 fully saturated rings. The predicted octanol–water partition coefficient (Wildman–Crippen LogP) is 3.03. The minimum atomic E-state index is -4.48. The van der Waals surface area contributed by atoms with E-state index < -0.39 is 17.2 Å². The van der Waals surface area contributed by atoms with Crippen LogP contribution in [0.4, 0.5) is 18.9 Å². The molecule has 1 aromatic carbocycles. The molecule has 1 atom stereocenters. The largest absolute Gasteiger partial charge is 0.418 e. The standard InChI is InChI=1S/C14H17F3N2O/c1-2-13(7-8-18-9-13)12(20)19-11-6-4-3-5-10(11)14(15,16)17/h3-6,18H,2,7-9H2,1H3,(H,19,20). The molecule has 1 aliphatic heterocycles. The van der Waals surface area contributed by atoms with Crippen LogP contribution in [0.3, 0.4) is 0 Å². The van der Waals surface area contributed by atoms with E-state index in [2.05, 4.69) is 10.6 Å². The van der Waals surface area contributed by atoms with Crippen LogP contribution >= 0.6 is 0 Å². The van der Waals surface area contributed by atoms with Crippen LogP contribution in [0.1, 0.15) is 25.3 Å². The van der Waals surface area contributed by atoms with E-state index in [9.17, 15) is 18.0 Å². The predicted molar refractivity (Wildman–Crippen MR) is 70.3 cm³/mol. The molecule has 1 saturated heterocycles. The Kier molecular flexibility index (Phi) is 4.04. The Labute approximate surface area is 115 Å². The van der Waals surface area contributed by atoms with Gasteiger partial charge < -0.3 is 10.6 Å². The van der Waals surface area contributed by atoms with Crippen LogP contribution in [0, 0.1) is 5.41 Å². The maximum absolute atomic E-state index is 12.9. The van der Waals surface area contributed by atoms with Gasteiger partial charge in [0.1, 0.15) is 0 Å². The second-order valence-electron chi connectivity index (χ2n) is 5.06. The van der Waals surface area contributed by atoms with Crippen molar-refractivity contribution >= 4 is 11.6 Å². The fourth-order valence-corrected chi connectivity index (χ4v) is 2.49. The van der Waals surface area contributed by atoms with Gasteiger partial charge in [0, 0.05) is 6.54 Å². The third-order valence-corrected chi connectivity index (χ3v) is 3.88. The van der Waals surface area contributed by atoms with Gasteiger partial charge in [0.25, 0.3) is 0 Å². The van der Waals surface area contributed by atoms with E-state index in [4.69, 9.17) is 0 Å². The maximum atomic E-state index is 12.9. The highest BCUT2D eigenvalue weighted by molar-refractivity contribution is 5.96. The van der Waals surface area contributed by atoms with Crippen molar-refractivity contribution in [1.82, 2.24) is 5.32 Å². The molecule has 6 heteroatoms. The summed E-state index contributed by atoms with van der Waals surface area (Å²) >= 11 is 0. The van der Waals surface area contributed by atoms with Crippen LogP contribution in [-0.4, -0.2) is 19.0 Å². The van der Waals surface area contributed by atoms with Gasteiger partial charge in [-0.05, 0) is 31.5 Å². The van der Waals surface area contributed by atoms with Gasteiger partial charge in [-0.15, -0.1) is 0 Å². The summed E-state index contributed by atoms with van der Waals surface area (Å²) in [7, 11) is 0. The lowest BCUT2D eigenvalue weighted by Gasteiger charge is -2.26. The van der Waals surface area contributed by atoms with Crippen molar-refractivity contribution in [2.24, 2.45) is 5.41 Å². The first-order chi connectivity index (χ1) is 9.39. The van der Waals surface area contributed by atoms with Gasteiger partial charge in [-0.2, -0.15) is 13.2 Å². The molecule has 1 aromatic rings. The number of alkyl halides is 3. The van der Waals surface area contributed by atoms with Crippen molar-refractivity contribution in [3.05, 3.63) is 29.8 Å². The number of carbonyl (C=O) groups excluding carboxylic acids is 1. The number of hydrogen-bond donors (Lipinski definition) is 2. The fourth-order valence-electron chi connectivity index (χ4n) is 2.49. The minimum absolute atomic E-state index is 0.176. The number of para-hydroxylation sites is 1. The second-order valence-corrected chi connectivity index (χ2v) is 5.06. The number of anilines is 1. The molecule has 1 unspecified atom stereocenters. The summed E-state index contributed by atoms with van der Waals surface area (Å²) in [5.41, 5.74) is -1.60.